The van der Waals surface area contributed by atoms with Crippen molar-refractivity contribution in [2.24, 2.45) is 5.92 Å². The molecule has 142 valence electrons. The highest BCUT2D eigenvalue weighted by Gasteiger charge is 2.41. The molecule has 0 unspecified atom stereocenters. The third-order valence-electron chi connectivity index (χ3n) is 4.58. The van der Waals surface area contributed by atoms with Crippen LogP contribution in [0.1, 0.15) is 31.2 Å². The van der Waals surface area contributed by atoms with E-state index in [1.165, 1.54) is 16.2 Å². The molecule has 0 saturated heterocycles. The summed E-state index contributed by atoms with van der Waals surface area (Å²) < 4.78 is 0. The second-order valence-electron chi connectivity index (χ2n) is 7.00. The number of nitrogens with zero attached hydrogens (tertiary/aromatic N) is 3. The number of amides is 2. The van der Waals surface area contributed by atoms with Crippen LogP contribution in [0.4, 0.5) is 0 Å². The van der Waals surface area contributed by atoms with Crippen LogP contribution >= 0.6 is 11.3 Å². The van der Waals surface area contributed by atoms with Crippen LogP contribution in [0.25, 0.3) is 5.57 Å². The van der Waals surface area contributed by atoms with E-state index in [4.69, 9.17) is 0 Å². The molecule has 3 rings (SSSR count). The molecule has 2 aromatic rings. The zero-order valence-corrected chi connectivity index (χ0v) is 16.8. The number of carbonyl (C=O) groups is 2. The largest absolute Gasteiger partial charge is 0.366 e. The lowest BCUT2D eigenvalue weighted by molar-refractivity contribution is -0.138. The van der Waals surface area contributed by atoms with Crippen molar-refractivity contribution in [2.75, 3.05) is 19.6 Å². The number of imide groups is 1. The summed E-state index contributed by atoms with van der Waals surface area (Å²) in [6.45, 7) is 7.85. The standard InChI is InChI=1S/C21H25N3O2S/c1-4-23(12-9-16-7-10-22-11-8-16)19-18(17-6-5-13-27-17)20(25)24(21(19)26)14-15(2)3/h5-8,10-11,13,15H,4,9,12,14H2,1-3H3. The van der Waals surface area contributed by atoms with E-state index in [1.54, 1.807) is 12.4 Å². The molecule has 0 radical (unpaired) electrons. The van der Waals surface area contributed by atoms with E-state index < -0.39 is 0 Å². The van der Waals surface area contributed by atoms with E-state index >= 15 is 0 Å². The van der Waals surface area contributed by atoms with Crippen molar-refractivity contribution in [1.29, 1.82) is 0 Å². The number of likely N-dealkylation sites (N-methyl/N-ethyl adjacent to an activating group) is 1. The molecule has 3 heterocycles. The smallest absolute Gasteiger partial charge is 0.277 e. The monoisotopic (exact) mass is 383 g/mol. The van der Waals surface area contributed by atoms with Gasteiger partial charge < -0.3 is 4.90 Å². The number of pyridine rings is 1. The van der Waals surface area contributed by atoms with Crippen LogP contribution in [0.3, 0.4) is 0 Å². The molecule has 0 aromatic carbocycles. The number of thiophene rings is 1. The third kappa shape index (κ3) is 4.11. The average molecular weight is 384 g/mol. The summed E-state index contributed by atoms with van der Waals surface area (Å²) in [6.07, 6.45) is 4.34. The second kappa shape index (κ2) is 8.48. The molecular weight excluding hydrogens is 358 g/mol. The summed E-state index contributed by atoms with van der Waals surface area (Å²) in [5, 5.41) is 1.94. The topological polar surface area (TPSA) is 53.5 Å². The van der Waals surface area contributed by atoms with Crippen LogP contribution in [0, 0.1) is 5.92 Å². The maximum absolute atomic E-state index is 13.2. The Balaban J connectivity index is 1.93. The minimum atomic E-state index is -0.173. The summed E-state index contributed by atoms with van der Waals surface area (Å²) in [6, 6.07) is 7.80. The van der Waals surface area contributed by atoms with Crippen molar-refractivity contribution in [2.45, 2.75) is 27.2 Å². The molecule has 2 amide bonds. The van der Waals surface area contributed by atoms with Gasteiger partial charge in [-0.15, -0.1) is 11.3 Å². The van der Waals surface area contributed by atoms with Gasteiger partial charge in [0.05, 0.1) is 5.57 Å². The molecular formula is C21H25N3O2S. The molecule has 0 spiro atoms. The van der Waals surface area contributed by atoms with Crippen molar-refractivity contribution in [3.05, 3.63) is 58.2 Å². The minimum Gasteiger partial charge on any atom is -0.366 e. The Kier molecular flexibility index (Phi) is 6.06. The van der Waals surface area contributed by atoms with Gasteiger partial charge in [0, 0.05) is 36.9 Å². The van der Waals surface area contributed by atoms with E-state index in [2.05, 4.69) is 4.98 Å². The van der Waals surface area contributed by atoms with Gasteiger partial charge in [-0.1, -0.05) is 19.9 Å². The van der Waals surface area contributed by atoms with Crippen LogP contribution < -0.4 is 0 Å². The highest BCUT2D eigenvalue weighted by Crippen LogP contribution is 2.34. The van der Waals surface area contributed by atoms with Gasteiger partial charge in [-0.3, -0.25) is 19.5 Å². The molecule has 0 N–H and O–H groups in total. The number of carbonyl (C=O) groups excluding carboxylic acids is 2. The number of aromatic nitrogens is 1. The normalized spacial score (nSPS) is 14.6. The Morgan fingerprint density at radius 2 is 1.89 bits per heavy atom. The van der Waals surface area contributed by atoms with Crippen LogP contribution in [-0.2, 0) is 16.0 Å². The first-order chi connectivity index (χ1) is 13.0. The summed E-state index contributed by atoms with van der Waals surface area (Å²) in [5.41, 5.74) is 2.25. The molecule has 0 fully saturated rings. The van der Waals surface area contributed by atoms with E-state index in [0.29, 0.717) is 30.9 Å². The number of hydrogen-bond acceptors (Lipinski definition) is 5. The number of rotatable bonds is 8. The van der Waals surface area contributed by atoms with Gasteiger partial charge in [0.15, 0.2) is 0 Å². The average Bonchev–Trinajstić information content (AvgIpc) is 3.26. The van der Waals surface area contributed by atoms with Gasteiger partial charge in [-0.05, 0) is 48.4 Å². The fraction of sp³-hybridized carbons (Fsp3) is 0.381. The predicted octanol–water partition coefficient (Wildman–Crippen LogP) is 3.44. The Morgan fingerprint density at radius 1 is 1.15 bits per heavy atom. The van der Waals surface area contributed by atoms with E-state index in [1.807, 2.05) is 55.3 Å². The molecule has 1 aliphatic heterocycles. The molecule has 0 saturated carbocycles. The maximum atomic E-state index is 13.2. The van der Waals surface area contributed by atoms with Crippen LogP contribution in [0.15, 0.2) is 47.7 Å². The molecule has 1 aliphatic rings. The fourth-order valence-corrected chi connectivity index (χ4v) is 4.03. The van der Waals surface area contributed by atoms with Crippen LogP contribution in [0.2, 0.25) is 0 Å². The van der Waals surface area contributed by atoms with Gasteiger partial charge in [0.1, 0.15) is 5.70 Å². The van der Waals surface area contributed by atoms with Gasteiger partial charge in [0.2, 0.25) is 0 Å². The molecule has 0 bridgehead atoms. The van der Waals surface area contributed by atoms with E-state index in [0.717, 1.165) is 16.9 Å². The number of hydrogen-bond donors (Lipinski definition) is 0. The predicted molar refractivity (Wildman–Crippen MR) is 108 cm³/mol. The first-order valence-electron chi connectivity index (χ1n) is 9.31. The molecule has 27 heavy (non-hydrogen) atoms. The van der Waals surface area contributed by atoms with Crippen molar-refractivity contribution in [1.82, 2.24) is 14.8 Å². The lowest BCUT2D eigenvalue weighted by Gasteiger charge is -2.25. The summed E-state index contributed by atoms with van der Waals surface area (Å²) in [5.74, 6) is -0.115. The molecule has 5 nitrogen and oxygen atoms in total. The van der Waals surface area contributed by atoms with E-state index in [-0.39, 0.29) is 17.7 Å². The van der Waals surface area contributed by atoms with Crippen molar-refractivity contribution >= 4 is 28.7 Å². The summed E-state index contributed by atoms with van der Waals surface area (Å²) >= 11 is 1.50. The maximum Gasteiger partial charge on any atom is 0.277 e. The molecule has 6 heteroatoms. The quantitative estimate of drug-likeness (QED) is 0.655. The Morgan fingerprint density at radius 3 is 2.48 bits per heavy atom. The highest BCUT2D eigenvalue weighted by molar-refractivity contribution is 7.11. The fourth-order valence-electron chi connectivity index (χ4n) is 3.27. The molecule has 0 atom stereocenters. The van der Waals surface area contributed by atoms with Crippen molar-refractivity contribution in [3.63, 3.8) is 0 Å². The van der Waals surface area contributed by atoms with E-state index in [9.17, 15) is 9.59 Å². The highest BCUT2D eigenvalue weighted by atomic mass is 32.1. The van der Waals surface area contributed by atoms with Gasteiger partial charge >= 0.3 is 0 Å². The summed E-state index contributed by atoms with van der Waals surface area (Å²) in [7, 11) is 0. The first kappa shape index (κ1) is 19.3. The van der Waals surface area contributed by atoms with Crippen LogP contribution in [0.5, 0.6) is 0 Å². The second-order valence-corrected chi connectivity index (χ2v) is 7.95. The van der Waals surface area contributed by atoms with Gasteiger partial charge in [-0.25, -0.2) is 0 Å². The summed E-state index contributed by atoms with van der Waals surface area (Å²) in [4.78, 5) is 34.6. The lowest BCUT2D eigenvalue weighted by Crippen LogP contribution is -2.38. The van der Waals surface area contributed by atoms with Gasteiger partial charge in [0.25, 0.3) is 11.8 Å². The zero-order valence-electron chi connectivity index (χ0n) is 16.0. The SMILES string of the molecule is CCN(CCc1ccncc1)C1=C(c2cccs2)C(=O)N(CC(C)C)C1=O. The van der Waals surface area contributed by atoms with Gasteiger partial charge in [-0.2, -0.15) is 0 Å². The van der Waals surface area contributed by atoms with Crippen molar-refractivity contribution in [3.8, 4) is 0 Å². The van der Waals surface area contributed by atoms with Crippen LogP contribution in [-0.4, -0.2) is 46.2 Å². The molecule has 2 aromatic heterocycles. The Hall–Kier alpha value is -2.47. The Labute approximate surface area is 164 Å². The minimum absolute atomic E-state index is 0.173. The first-order valence-corrected chi connectivity index (χ1v) is 10.2. The third-order valence-corrected chi connectivity index (χ3v) is 5.46. The lowest BCUT2D eigenvalue weighted by atomic mass is 10.1. The Bertz CT molecular complexity index is 828. The molecule has 0 aliphatic carbocycles. The zero-order chi connectivity index (χ0) is 19.4. The van der Waals surface area contributed by atoms with Crippen molar-refractivity contribution < 1.29 is 9.59 Å².